The highest BCUT2D eigenvalue weighted by molar-refractivity contribution is 5.96. The van der Waals surface area contributed by atoms with Crippen molar-refractivity contribution < 1.29 is 9.21 Å². The van der Waals surface area contributed by atoms with Gasteiger partial charge in [0.15, 0.2) is 5.76 Å². The fourth-order valence-electron chi connectivity index (χ4n) is 2.29. The molecule has 0 radical (unpaired) electrons. The molecule has 0 N–H and O–H groups in total. The topological polar surface area (TPSA) is 46.3 Å². The van der Waals surface area contributed by atoms with Crippen molar-refractivity contribution in [1.29, 1.82) is 0 Å². The molecule has 0 unspecified atom stereocenters. The Labute approximate surface area is 123 Å². The smallest absolute Gasteiger partial charge is 0.289 e. The molecule has 0 saturated heterocycles. The molecule has 106 valence electrons. The van der Waals surface area contributed by atoms with Crippen molar-refractivity contribution >= 4 is 16.9 Å². The molecular formula is C17H16N2O2. The largest absolute Gasteiger partial charge is 0.451 e. The van der Waals surface area contributed by atoms with Crippen LogP contribution in [0.3, 0.4) is 0 Å². The number of benzene rings is 1. The van der Waals surface area contributed by atoms with Crippen LogP contribution in [0.5, 0.6) is 0 Å². The third kappa shape index (κ3) is 2.79. The Bertz CT molecular complexity index is 778. The number of carbonyl (C=O) groups excluding carboxylic acids is 1. The van der Waals surface area contributed by atoms with Crippen LogP contribution in [0, 0.1) is 6.92 Å². The summed E-state index contributed by atoms with van der Waals surface area (Å²) in [6.07, 6.45) is 3.47. The fraction of sp³-hybridized carbons (Fsp3) is 0.176. The minimum absolute atomic E-state index is 0.132. The summed E-state index contributed by atoms with van der Waals surface area (Å²) in [7, 11) is 1.76. The summed E-state index contributed by atoms with van der Waals surface area (Å²) < 4.78 is 5.64. The van der Waals surface area contributed by atoms with Gasteiger partial charge in [-0.3, -0.25) is 9.78 Å². The average Bonchev–Trinajstić information content (AvgIpc) is 2.90. The Hall–Kier alpha value is -2.62. The van der Waals surface area contributed by atoms with Crippen LogP contribution in [0.1, 0.15) is 21.7 Å². The van der Waals surface area contributed by atoms with Gasteiger partial charge in [-0.25, -0.2) is 0 Å². The van der Waals surface area contributed by atoms with Gasteiger partial charge in [0.25, 0.3) is 5.91 Å². The lowest BCUT2D eigenvalue weighted by atomic mass is 10.2. The zero-order chi connectivity index (χ0) is 14.8. The highest BCUT2D eigenvalue weighted by Crippen LogP contribution is 2.21. The predicted molar refractivity (Wildman–Crippen MR) is 81.0 cm³/mol. The van der Waals surface area contributed by atoms with Crippen LogP contribution in [0.2, 0.25) is 0 Å². The molecule has 4 nitrogen and oxygen atoms in total. The van der Waals surface area contributed by atoms with Crippen LogP contribution in [0.25, 0.3) is 11.0 Å². The number of nitrogens with zero attached hydrogens (tertiary/aromatic N) is 2. The minimum atomic E-state index is -0.132. The highest BCUT2D eigenvalue weighted by Gasteiger charge is 2.17. The lowest BCUT2D eigenvalue weighted by molar-refractivity contribution is 0.0756. The number of amides is 1. The summed E-state index contributed by atoms with van der Waals surface area (Å²) >= 11 is 0. The zero-order valence-corrected chi connectivity index (χ0v) is 12.0. The summed E-state index contributed by atoms with van der Waals surface area (Å²) in [6.45, 7) is 2.52. The number of carbonyl (C=O) groups is 1. The molecule has 0 aliphatic rings. The van der Waals surface area contributed by atoms with Gasteiger partial charge < -0.3 is 9.32 Å². The van der Waals surface area contributed by atoms with Gasteiger partial charge in [-0.15, -0.1) is 0 Å². The normalized spacial score (nSPS) is 10.8. The second-order valence-electron chi connectivity index (χ2n) is 5.17. The molecule has 0 aliphatic heterocycles. The highest BCUT2D eigenvalue weighted by atomic mass is 16.3. The van der Waals surface area contributed by atoms with Crippen molar-refractivity contribution in [3.05, 3.63) is 65.7 Å². The van der Waals surface area contributed by atoms with Crippen molar-refractivity contribution in [3.8, 4) is 0 Å². The fourth-order valence-corrected chi connectivity index (χ4v) is 2.29. The maximum atomic E-state index is 12.4. The molecule has 0 spiro atoms. The number of hydrogen-bond acceptors (Lipinski definition) is 3. The summed E-state index contributed by atoms with van der Waals surface area (Å²) in [4.78, 5) is 18.1. The van der Waals surface area contributed by atoms with Crippen molar-refractivity contribution in [2.75, 3.05) is 7.05 Å². The van der Waals surface area contributed by atoms with E-state index in [-0.39, 0.29) is 5.91 Å². The predicted octanol–water partition coefficient (Wildman–Crippen LogP) is 3.41. The number of hydrogen-bond donors (Lipinski definition) is 0. The van der Waals surface area contributed by atoms with Crippen molar-refractivity contribution in [2.24, 2.45) is 0 Å². The van der Waals surface area contributed by atoms with Gasteiger partial charge in [0, 0.05) is 31.4 Å². The van der Waals surface area contributed by atoms with E-state index in [1.807, 2.05) is 37.3 Å². The number of pyridine rings is 1. The van der Waals surface area contributed by atoms with Crippen LogP contribution >= 0.6 is 0 Å². The molecule has 0 atom stereocenters. The van der Waals surface area contributed by atoms with Gasteiger partial charge in [0.2, 0.25) is 0 Å². The van der Waals surface area contributed by atoms with E-state index in [0.717, 1.165) is 22.1 Å². The molecule has 2 aromatic heterocycles. The number of furan rings is 1. The van der Waals surface area contributed by atoms with Crippen LogP contribution in [0.4, 0.5) is 0 Å². The van der Waals surface area contributed by atoms with Gasteiger partial charge >= 0.3 is 0 Å². The molecule has 0 saturated carbocycles. The van der Waals surface area contributed by atoms with Gasteiger partial charge in [-0.2, -0.15) is 0 Å². The second kappa shape index (κ2) is 5.40. The first-order chi connectivity index (χ1) is 10.1. The number of fused-ring (bicyclic) bond motifs is 1. The lowest BCUT2D eigenvalue weighted by Crippen LogP contribution is -2.25. The molecule has 3 rings (SSSR count). The third-order valence-corrected chi connectivity index (χ3v) is 3.37. The number of aromatic nitrogens is 1. The third-order valence-electron chi connectivity index (χ3n) is 3.37. The van der Waals surface area contributed by atoms with E-state index in [4.69, 9.17) is 4.42 Å². The molecule has 3 aromatic rings. The van der Waals surface area contributed by atoms with E-state index in [1.165, 1.54) is 0 Å². The standard InChI is InChI=1S/C17H16N2O2/c1-12-5-6-15-14(8-12)9-16(21-15)17(20)19(2)11-13-4-3-7-18-10-13/h3-10H,11H2,1-2H3. The summed E-state index contributed by atoms with van der Waals surface area (Å²) in [6, 6.07) is 11.5. The number of aryl methyl sites for hydroxylation is 1. The molecule has 0 bridgehead atoms. The molecule has 0 aliphatic carbocycles. The van der Waals surface area contributed by atoms with Gasteiger partial charge in [-0.1, -0.05) is 17.7 Å². The number of rotatable bonds is 3. The Morgan fingerprint density at radius 2 is 2.14 bits per heavy atom. The van der Waals surface area contributed by atoms with Crippen LogP contribution in [-0.4, -0.2) is 22.8 Å². The first kappa shape index (κ1) is 13.4. The van der Waals surface area contributed by atoms with Crippen LogP contribution in [-0.2, 0) is 6.54 Å². The zero-order valence-electron chi connectivity index (χ0n) is 12.0. The monoisotopic (exact) mass is 280 g/mol. The summed E-state index contributed by atoms with van der Waals surface area (Å²) in [5.41, 5.74) is 2.87. The van der Waals surface area contributed by atoms with Gasteiger partial charge in [-0.05, 0) is 36.8 Å². The Kier molecular flexibility index (Phi) is 3.44. The van der Waals surface area contributed by atoms with Crippen molar-refractivity contribution in [2.45, 2.75) is 13.5 Å². The molecule has 4 heteroatoms. The van der Waals surface area contributed by atoms with Gasteiger partial charge in [0.1, 0.15) is 5.58 Å². The van der Waals surface area contributed by atoms with E-state index < -0.39 is 0 Å². The van der Waals surface area contributed by atoms with E-state index >= 15 is 0 Å². The van der Waals surface area contributed by atoms with Crippen molar-refractivity contribution in [3.63, 3.8) is 0 Å². The van der Waals surface area contributed by atoms with E-state index in [9.17, 15) is 4.79 Å². The molecule has 2 heterocycles. The minimum Gasteiger partial charge on any atom is -0.451 e. The SMILES string of the molecule is Cc1ccc2oc(C(=O)N(C)Cc3cccnc3)cc2c1. The maximum absolute atomic E-state index is 12.4. The summed E-state index contributed by atoms with van der Waals surface area (Å²) in [5.74, 6) is 0.231. The maximum Gasteiger partial charge on any atom is 0.289 e. The molecule has 0 fully saturated rings. The van der Waals surface area contributed by atoms with Crippen molar-refractivity contribution in [1.82, 2.24) is 9.88 Å². The second-order valence-corrected chi connectivity index (χ2v) is 5.17. The Morgan fingerprint density at radius 3 is 2.90 bits per heavy atom. The molecule has 1 amide bonds. The average molecular weight is 280 g/mol. The molecular weight excluding hydrogens is 264 g/mol. The van der Waals surface area contributed by atoms with Crippen LogP contribution in [0.15, 0.2) is 53.2 Å². The molecule has 21 heavy (non-hydrogen) atoms. The van der Waals surface area contributed by atoms with E-state index in [0.29, 0.717) is 12.3 Å². The molecule has 1 aromatic carbocycles. The summed E-state index contributed by atoms with van der Waals surface area (Å²) in [5, 5.41) is 0.952. The Balaban J connectivity index is 1.82. The quantitative estimate of drug-likeness (QED) is 0.738. The van der Waals surface area contributed by atoms with Crippen LogP contribution < -0.4 is 0 Å². The van der Waals surface area contributed by atoms with E-state index in [2.05, 4.69) is 4.98 Å². The Morgan fingerprint density at radius 1 is 1.29 bits per heavy atom. The van der Waals surface area contributed by atoms with E-state index in [1.54, 1.807) is 30.4 Å². The first-order valence-electron chi connectivity index (χ1n) is 6.78. The first-order valence-corrected chi connectivity index (χ1v) is 6.78. The lowest BCUT2D eigenvalue weighted by Gasteiger charge is -2.15. The van der Waals surface area contributed by atoms with Gasteiger partial charge in [0.05, 0.1) is 0 Å².